The molecule has 0 fully saturated rings. The van der Waals surface area contributed by atoms with Gasteiger partial charge in [0, 0.05) is 28.8 Å². The molecule has 0 aliphatic carbocycles. The van der Waals surface area contributed by atoms with Gasteiger partial charge in [-0.2, -0.15) is 18.2 Å². The van der Waals surface area contributed by atoms with Crippen molar-refractivity contribution < 1.29 is 13.2 Å². The van der Waals surface area contributed by atoms with Crippen LogP contribution in [-0.4, -0.2) is 15.0 Å². The van der Waals surface area contributed by atoms with Crippen LogP contribution in [0.3, 0.4) is 0 Å². The lowest BCUT2D eigenvalue weighted by atomic mass is 10.2. The number of aromatic amines is 1. The number of benzene rings is 2. The molecule has 2 heterocycles. The van der Waals surface area contributed by atoms with E-state index in [0.717, 1.165) is 34.4 Å². The minimum atomic E-state index is -4.36. The average Bonchev–Trinajstić information content (AvgIpc) is 3.01. The Labute approximate surface area is 158 Å². The van der Waals surface area contributed by atoms with Crippen LogP contribution in [0.2, 0.25) is 0 Å². The smallest absolute Gasteiger partial charge is 0.359 e. The summed E-state index contributed by atoms with van der Waals surface area (Å²) in [4.78, 5) is 11.8. The number of alkyl halides is 3. The van der Waals surface area contributed by atoms with Crippen molar-refractivity contribution in [3.05, 3.63) is 72.1 Å². The van der Waals surface area contributed by atoms with Crippen molar-refractivity contribution in [2.45, 2.75) is 13.1 Å². The topological polar surface area (TPSA) is 65.6 Å². The van der Waals surface area contributed by atoms with Gasteiger partial charge in [0.15, 0.2) is 0 Å². The molecular formula is C20H16F3N5. The highest BCUT2D eigenvalue weighted by molar-refractivity contribution is 5.84. The van der Waals surface area contributed by atoms with Crippen LogP contribution in [-0.2, 0) is 6.18 Å². The maximum Gasteiger partial charge on any atom is 0.416 e. The highest BCUT2D eigenvalue weighted by Crippen LogP contribution is 2.30. The SMILES string of the molecule is Cc1cc2ccc(Nc3nccc(Nc4ccc(C(F)(F)F)cc4)n3)cc2[nH]1. The first kappa shape index (κ1) is 17.8. The molecule has 4 rings (SSSR count). The number of aromatic nitrogens is 3. The number of fused-ring (bicyclic) bond motifs is 1. The molecule has 2 aromatic carbocycles. The zero-order valence-corrected chi connectivity index (χ0v) is 14.8. The number of aryl methyl sites for hydroxylation is 1. The normalized spacial score (nSPS) is 11.6. The number of hydrogen-bond donors (Lipinski definition) is 3. The van der Waals surface area contributed by atoms with Crippen molar-refractivity contribution in [3.63, 3.8) is 0 Å². The van der Waals surface area contributed by atoms with Crippen LogP contribution in [0.15, 0.2) is 60.8 Å². The molecule has 0 spiro atoms. The highest BCUT2D eigenvalue weighted by Gasteiger charge is 2.29. The number of halogens is 3. The van der Waals surface area contributed by atoms with Crippen molar-refractivity contribution in [2.75, 3.05) is 10.6 Å². The first-order chi connectivity index (χ1) is 13.4. The first-order valence-electron chi connectivity index (χ1n) is 8.50. The molecule has 0 bridgehead atoms. The minimum Gasteiger partial charge on any atom is -0.359 e. The molecular weight excluding hydrogens is 367 g/mol. The molecule has 8 heteroatoms. The van der Waals surface area contributed by atoms with E-state index in [0.29, 0.717) is 17.5 Å². The van der Waals surface area contributed by atoms with E-state index >= 15 is 0 Å². The van der Waals surface area contributed by atoms with E-state index in [1.807, 2.05) is 25.1 Å². The summed E-state index contributed by atoms with van der Waals surface area (Å²) in [7, 11) is 0. The fourth-order valence-corrected chi connectivity index (χ4v) is 2.86. The third-order valence-electron chi connectivity index (χ3n) is 4.15. The van der Waals surface area contributed by atoms with E-state index in [1.165, 1.54) is 12.1 Å². The van der Waals surface area contributed by atoms with Gasteiger partial charge in [-0.15, -0.1) is 0 Å². The Bertz CT molecular complexity index is 1120. The summed E-state index contributed by atoms with van der Waals surface area (Å²) in [5.41, 5.74) is 2.70. The van der Waals surface area contributed by atoms with Gasteiger partial charge in [0.05, 0.1) is 5.56 Å². The zero-order chi connectivity index (χ0) is 19.7. The fraction of sp³-hybridized carbons (Fsp3) is 0.100. The Morgan fingerprint density at radius 2 is 1.64 bits per heavy atom. The number of H-pyrrole nitrogens is 1. The Balaban J connectivity index is 1.50. The predicted molar refractivity (Wildman–Crippen MR) is 103 cm³/mol. The number of nitrogens with zero attached hydrogens (tertiary/aromatic N) is 2. The first-order valence-corrected chi connectivity index (χ1v) is 8.50. The molecule has 5 nitrogen and oxygen atoms in total. The lowest BCUT2D eigenvalue weighted by molar-refractivity contribution is -0.137. The minimum absolute atomic E-state index is 0.375. The quantitative estimate of drug-likeness (QED) is 0.418. The number of nitrogens with one attached hydrogen (secondary N) is 3. The van der Waals surface area contributed by atoms with E-state index in [9.17, 15) is 13.2 Å². The summed E-state index contributed by atoms with van der Waals surface area (Å²) in [6.07, 6.45) is -2.79. The molecule has 0 unspecified atom stereocenters. The summed E-state index contributed by atoms with van der Waals surface area (Å²) in [6.45, 7) is 1.99. The van der Waals surface area contributed by atoms with Crippen molar-refractivity contribution in [3.8, 4) is 0 Å². The van der Waals surface area contributed by atoms with Gasteiger partial charge in [-0.05, 0) is 60.8 Å². The van der Waals surface area contributed by atoms with Gasteiger partial charge >= 0.3 is 6.18 Å². The van der Waals surface area contributed by atoms with E-state index in [-0.39, 0.29) is 0 Å². The molecule has 2 aromatic heterocycles. The lowest BCUT2D eigenvalue weighted by Gasteiger charge is -2.10. The molecule has 142 valence electrons. The predicted octanol–water partition coefficient (Wildman–Crippen LogP) is 5.77. The Hall–Kier alpha value is -3.55. The Morgan fingerprint density at radius 1 is 0.893 bits per heavy atom. The molecule has 4 aromatic rings. The van der Waals surface area contributed by atoms with Gasteiger partial charge in [0.25, 0.3) is 0 Å². The second-order valence-electron chi connectivity index (χ2n) is 6.34. The van der Waals surface area contributed by atoms with Crippen LogP contribution in [0.1, 0.15) is 11.3 Å². The van der Waals surface area contributed by atoms with Crippen molar-refractivity contribution in [1.82, 2.24) is 15.0 Å². The molecule has 0 aliphatic rings. The van der Waals surface area contributed by atoms with Crippen LogP contribution >= 0.6 is 0 Å². The largest absolute Gasteiger partial charge is 0.416 e. The molecule has 0 amide bonds. The number of anilines is 4. The Kier molecular flexibility index (Phi) is 4.38. The van der Waals surface area contributed by atoms with Crippen LogP contribution in [0.4, 0.5) is 36.3 Å². The molecule has 0 atom stereocenters. The van der Waals surface area contributed by atoms with Gasteiger partial charge < -0.3 is 15.6 Å². The van der Waals surface area contributed by atoms with E-state index in [2.05, 4.69) is 31.7 Å². The average molecular weight is 383 g/mol. The summed E-state index contributed by atoms with van der Waals surface area (Å²) in [5.74, 6) is 0.841. The standard InChI is InChI=1S/C20H16F3N5/c1-12-10-13-2-5-16(11-17(13)25-12)27-19-24-9-8-18(28-19)26-15-6-3-14(4-7-15)20(21,22)23/h2-11,25H,1H3,(H2,24,26,27,28). The summed E-state index contributed by atoms with van der Waals surface area (Å²) >= 11 is 0. The number of rotatable bonds is 4. The van der Waals surface area contributed by atoms with Gasteiger partial charge in [0.1, 0.15) is 5.82 Å². The molecule has 0 saturated carbocycles. The fourth-order valence-electron chi connectivity index (χ4n) is 2.86. The van der Waals surface area contributed by atoms with Crippen molar-refractivity contribution in [1.29, 1.82) is 0 Å². The molecule has 28 heavy (non-hydrogen) atoms. The van der Waals surface area contributed by atoms with Crippen molar-refractivity contribution in [2.24, 2.45) is 0 Å². The molecule has 0 aliphatic heterocycles. The third-order valence-corrected chi connectivity index (χ3v) is 4.15. The second-order valence-corrected chi connectivity index (χ2v) is 6.34. The van der Waals surface area contributed by atoms with Crippen LogP contribution in [0.25, 0.3) is 10.9 Å². The highest BCUT2D eigenvalue weighted by atomic mass is 19.4. The monoisotopic (exact) mass is 383 g/mol. The van der Waals surface area contributed by atoms with E-state index in [1.54, 1.807) is 12.3 Å². The summed E-state index contributed by atoms with van der Waals surface area (Å²) in [5, 5.41) is 7.22. The maximum absolute atomic E-state index is 12.7. The van der Waals surface area contributed by atoms with E-state index in [4.69, 9.17) is 0 Å². The second kappa shape index (κ2) is 6.88. The molecule has 3 N–H and O–H groups in total. The van der Waals surface area contributed by atoms with Crippen LogP contribution < -0.4 is 10.6 Å². The van der Waals surface area contributed by atoms with Crippen LogP contribution in [0, 0.1) is 6.92 Å². The maximum atomic E-state index is 12.7. The van der Waals surface area contributed by atoms with Gasteiger partial charge in [-0.25, -0.2) is 4.98 Å². The molecule has 0 saturated heterocycles. The van der Waals surface area contributed by atoms with E-state index < -0.39 is 11.7 Å². The van der Waals surface area contributed by atoms with Crippen molar-refractivity contribution >= 4 is 34.0 Å². The zero-order valence-electron chi connectivity index (χ0n) is 14.8. The summed E-state index contributed by atoms with van der Waals surface area (Å²) < 4.78 is 38.0. The Morgan fingerprint density at radius 3 is 2.39 bits per heavy atom. The van der Waals surface area contributed by atoms with Gasteiger partial charge in [-0.1, -0.05) is 6.07 Å². The van der Waals surface area contributed by atoms with Crippen LogP contribution in [0.5, 0.6) is 0 Å². The lowest BCUT2D eigenvalue weighted by Crippen LogP contribution is -2.04. The van der Waals surface area contributed by atoms with Gasteiger partial charge in [-0.3, -0.25) is 0 Å². The third kappa shape index (κ3) is 3.90. The van der Waals surface area contributed by atoms with Gasteiger partial charge in [0.2, 0.25) is 5.95 Å². The summed E-state index contributed by atoms with van der Waals surface area (Å²) in [6, 6.07) is 14.3. The molecule has 0 radical (unpaired) electrons. The number of hydrogen-bond acceptors (Lipinski definition) is 4.